The number of nitrogens with one attached hydrogen (secondary N) is 4. The highest BCUT2D eigenvalue weighted by Gasteiger charge is 2.41. The van der Waals surface area contributed by atoms with Gasteiger partial charge in [-0.25, -0.2) is 69.0 Å². The largest absolute Gasteiger partial charge is 0.497 e. The van der Waals surface area contributed by atoms with Gasteiger partial charge in [0.2, 0.25) is 0 Å². The zero-order chi connectivity index (χ0) is 84.5. The van der Waals surface area contributed by atoms with E-state index >= 15 is 0 Å². The predicted molar refractivity (Wildman–Crippen MR) is 454 cm³/mol. The standard InChI is InChI=1S/C32H29N7O2.C24H19FN6O.C24H21N7O.C8H11NO.C2HF3O2/c1-41-23-14-10-20(11-15-23)17-33-25-8-5-9-26-28(25)32(40)39(22-6-3-2-4-7-22)31(38-26)24(21-12-13-21)16-27-29-30(36-18-34-27)37-19-35-29;2*25-17-7-4-8-18-20(17)24(32)31(15-5-2-1-3-6-15)23(30-18)16(14-9-10-14)11-19-21-22(28-12-26-19)29-13-27-21;1-10-8-4-2-7(6-9)3-5-8;3-2(4,5)1(6)7/h2-11,14-15,18-19,21,24,33H,12-13,16-17H2,1H3,(H,34,35,36,37);1-8,12-14,16H,9-11H2,(H,26,27,28,29);1-8,12-14,16H,9-11,25H2,(H,26,27,28,29);2-5H,6,9H2,1H3;(H,6,7)/t24-;2*16-;;/m000../s1. The smallest absolute Gasteiger partial charge is 0.490 e. The molecular formula is C90H81F4N21O7. The number of imidazole rings is 3. The number of methoxy groups -OCH3 is 2. The summed E-state index contributed by atoms with van der Waals surface area (Å²) in [4.78, 5) is 114. The van der Waals surface area contributed by atoms with Gasteiger partial charge in [-0.1, -0.05) is 97.1 Å². The number of nitrogen functional groups attached to an aromatic ring is 1. The van der Waals surface area contributed by atoms with E-state index in [9.17, 15) is 31.9 Å². The van der Waals surface area contributed by atoms with Crippen LogP contribution in [-0.4, -0.2) is 120 Å². The number of nitrogens with zero attached hydrogens (tertiary/aromatic N) is 15. The van der Waals surface area contributed by atoms with Gasteiger partial charge in [0.15, 0.2) is 16.9 Å². The van der Waals surface area contributed by atoms with Crippen LogP contribution in [0.25, 0.3) is 83.3 Å². The van der Waals surface area contributed by atoms with Gasteiger partial charge in [-0.3, -0.25) is 28.1 Å². The zero-order valence-corrected chi connectivity index (χ0v) is 66.0. The van der Waals surface area contributed by atoms with Crippen LogP contribution in [0.3, 0.4) is 0 Å². The van der Waals surface area contributed by atoms with E-state index in [1.54, 1.807) is 77.8 Å². The number of carbonyl (C=O) groups is 1. The number of ether oxygens (including phenoxy) is 2. The second-order valence-corrected chi connectivity index (χ2v) is 29.7. The third kappa shape index (κ3) is 17.8. The molecule has 122 heavy (non-hydrogen) atoms. The number of para-hydroxylation sites is 3. The number of aromatic nitrogens is 18. The first-order chi connectivity index (χ1) is 59.4. The number of H-pyrrole nitrogens is 3. The van der Waals surface area contributed by atoms with E-state index < -0.39 is 23.5 Å². The number of halogens is 4. The summed E-state index contributed by atoms with van der Waals surface area (Å²) in [6, 6.07) is 60.2. The molecule has 616 valence electrons. The summed E-state index contributed by atoms with van der Waals surface area (Å²) in [7, 11) is 3.30. The third-order valence-corrected chi connectivity index (χ3v) is 21.8. The van der Waals surface area contributed by atoms with Crippen molar-refractivity contribution in [3.63, 3.8) is 0 Å². The topological polar surface area (TPSA) is 388 Å². The van der Waals surface area contributed by atoms with Crippen molar-refractivity contribution in [2.75, 3.05) is 25.3 Å². The lowest BCUT2D eigenvalue weighted by Gasteiger charge is -2.22. The average Bonchev–Trinajstić information content (AvgIpc) is 0.806. The molecule has 0 bridgehead atoms. The Morgan fingerprint density at radius 3 is 1.20 bits per heavy atom. The number of carboxylic acid groups (broad SMARTS) is 1. The van der Waals surface area contributed by atoms with Crippen LogP contribution in [0, 0.1) is 23.6 Å². The molecule has 0 aliphatic heterocycles. The fraction of sp³-hybridized carbons (Fsp3) is 0.222. The molecule has 9 aromatic heterocycles. The maximum Gasteiger partial charge on any atom is 0.490 e. The van der Waals surface area contributed by atoms with E-state index in [1.165, 1.54) is 12.4 Å². The molecule has 28 nitrogen and oxygen atoms in total. The van der Waals surface area contributed by atoms with E-state index in [0.717, 1.165) is 123 Å². The predicted octanol–water partition coefficient (Wildman–Crippen LogP) is 14.5. The Kier molecular flexibility index (Phi) is 23.7. The molecule has 8 aromatic carbocycles. The summed E-state index contributed by atoms with van der Waals surface area (Å²) in [6.45, 7) is 1.15. The lowest BCUT2D eigenvalue weighted by molar-refractivity contribution is -0.192. The highest BCUT2D eigenvalue weighted by atomic mass is 19.4. The lowest BCUT2D eigenvalue weighted by atomic mass is 9.95. The Morgan fingerprint density at radius 1 is 0.467 bits per heavy atom. The van der Waals surface area contributed by atoms with E-state index in [0.29, 0.717) is 112 Å². The van der Waals surface area contributed by atoms with Crippen LogP contribution in [0.5, 0.6) is 11.5 Å². The number of nitrogens with two attached hydrogens (primary N) is 2. The minimum absolute atomic E-state index is 0.00428. The molecule has 17 aromatic rings. The number of benzene rings is 8. The van der Waals surface area contributed by atoms with Crippen molar-refractivity contribution in [2.45, 2.75) is 94.8 Å². The Hall–Kier alpha value is -14.8. The van der Waals surface area contributed by atoms with Gasteiger partial charge in [0.25, 0.3) is 16.7 Å². The van der Waals surface area contributed by atoms with Crippen LogP contribution in [0.4, 0.5) is 28.9 Å². The molecule has 0 amide bonds. The molecule has 20 rings (SSSR count). The quantitative estimate of drug-likeness (QED) is 0.0259. The minimum Gasteiger partial charge on any atom is -0.497 e. The van der Waals surface area contributed by atoms with Crippen molar-refractivity contribution in [3.8, 4) is 28.6 Å². The Bertz CT molecular complexity index is 6530. The third-order valence-electron chi connectivity index (χ3n) is 21.8. The number of aliphatic carboxylic acids is 1. The Morgan fingerprint density at radius 2 is 0.820 bits per heavy atom. The summed E-state index contributed by atoms with van der Waals surface area (Å²) in [6.07, 6.45) is 12.7. The van der Waals surface area contributed by atoms with Gasteiger partial charge >= 0.3 is 12.1 Å². The molecule has 9 N–H and O–H groups in total. The fourth-order valence-electron chi connectivity index (χ4n) is 15.2. The molecule has 0 unspecified atom stereocenters. The first-order valence-electron chi connectivity index (χ1n) is 39.5. The zero-order valence-electron chi connectivity index (χ0n) is 66.0. The van der Waals surface area contributed by atoms with Crippen LogP contribution in [0.1, 0.15) is 102 Å². The minimum atomic E-state index is -5.08. The van der Waals surface area contributed by atoms with Gasteiger partial charge in [-0.05, 0) is 164 Å². The fourth-order valence-corrected chi connectivity index (χ4v) is 15.2. The van der Waals surface area contributed by atoms with E-state index in [2.05, 4.69) is 65.1 Å². The van der Waals surface area contributed by atoms with Gasteiger partial charge in [-0.15, -0.1) is 0 Å². The van der Waals surface area contributed by atoms with Crippen LogP contribution in [0.2, 0.25) is 0 Å². The van der Waals surface area contributed by atoms with Crippen molar-refractivity contribution in [1.82, 2.24) is 88.5 Å². The molecule has 0 saturated heterocycles. The molecule has 32 heteroatoms. The first kappa shape index (κ1) is 80.9. The van der Waals surface area contributed by atoms with Crippen molar-refractivity contribution in [1.29, 1.82) is 0 Å². The van der Waals surface area contributed by atoms with E-state index in [1.807, 2.05) is 170 Å². The number of carboxylic acids is 1. The molecular weight excluding hydrogens is 1560 g/mol. The maximum absolute atomic E-state index is 14.7. The monoisotopic (exact) mass is 1640 g/mol. The van der Waals surface area contributed by atoms with E-state index in [-0.39, 0.29) is 34.3 Å². The molecule has 3 aliphatic carbocycles. The maximum atomic E-state index is 14.7. The number of anilines is 2. The number of alkyl halides is 3. The second kappa shape index (κ2) is 35.8. The summed E-state index contributed by atoms with van der Waals surface area (Å²) >= 11 is 0. The molecule has 3 atom stereocenters. The van der Waals surface area contributed by atoms with Crippen LogP contribution in [0.15, 0.2) is 246 Å². The molecule has 3 fully saturated rings. The summed E-state index contributed by atoms with van der Waals surface area (Å²) < 4.78 is 61.7. The second-order valence-electron chi connectivity index (χ2n) is 29.7. The number of hydrogen-bond acceptors (Lipinski definition) is 21. The van der Waals surface area contributed by atoms with Crippen LogP contribution < -0.4 is 42.9 Å². The molecule has 3 aliphatic rings. The van der Waals surface area contributed by atoms with Gasteiger partial charge in [-0.2, -0.15) is 13.2 Å². The van der Waals surface area contributed by atoms with Crippen molar-refractivity contribution in [3.05, 3.63) is 315 Å². The van der Waals surface area contributed by atoms with Crippen molar-refractivity contribution < 1.29 is 36.9 Å². The highest BCUT2D eigenvalue weighted by Crippen LogP contribution is 2.48. The van der Waals surface area contributed by atoms with Gasteiger partial charge in [0.05, 0.1) is 94.7 Å². The summed E-state index contributed by atoms with van der Waals surface area (Å²) in [5.74, 6) is 1.69. The SMILES string of the molecule is COc1ccc(CN)cc1.COc1ccc(CNc2cccc3nc([C@@H](Cc4ncnc5nc[nH]c45)C4CC4)n(-c4ccccc4)c(=O)c23)cc1.Nc1cccc2nc([C@@H](Cc3ncnc4nc[nH]c34)C3CC3)n(-c3ccccc3)c(=O)c12.O=C(O)C(F)(F)F.O=c1c2c(F)cccc2nc([C@@H](Cc2ncnc3nc[nH]c23)C2CC2)n1-c1ccccc1. The number of fused-ring (bicyclic) bond motifs is 6. The average molecular weight is 1640 g/mol. The van der Waals surface area contributed by atoms with Crippen LogP contribution >= 0.6 is 0 Å². The Balaban J connectivity index is 0.000000124. The van der Waals surface area contributed by atoms with Gasteiger partial charge in [0, 0.05) is 61.5 Å². The first-order valence-corrected chi connectivity index (χ1v) is 39.5. The van der Waals surface area contributed by atoms with Crippen molar-refractivity contribution in [2.24, 2.45) is 23.5 Å². The van der Waals surface area contributed by atoms with E-state index in [4.69, 9.17) is 45.8 Å². The summed E-state index contributed by atoms with van der Waals surface area (Å²) in [5.41, 5.74) is 25.2. The number of hydrogen-bond donors (Lipinski definition) is 7. The summed E-state index contributed by atoms with van der Waals surface area (Å²) in [5, 5.41) is 11.6. The molecule has 0 radical (unpaired) electrons. The number of rotatable bonds is 21. The van der Waals surface area contributed by atoms with Crippen LogP contribution in [-0.2, 0) is 37.1 Å². The molecule has 3 saturated carbocycles. The molecule has 9 heterocycles. The van der Waals surface area contributed by atoms with Gasteiger partial charge < -0.3 is 46.3 Å². The Labute approximate surface area is 692 Å². The number of aromatic amines is 3. The normalized spacial score (nSPS) is 13.8. The molecule has 0 spiro atoms. The lowest BCUT2D eigenvalue weighted by Crippen LogP contribution is -2.28. The van der Waals surface area contributed by atoms with Gasteiger partial charge in [0.1, 0.15) is 75.7 Å². The van der Waals surface area contributed by atoms with Crippen molar-refractivity contribution >= 4 is 83.5 Å². The highest BCUT2D eigenvalue weighted by molar-refractivity contribution is 5.92.